The molecular weight excluding hydrogens is 424 g/mol. The zero-order chi connectivity index (χ0) is 22.5. The molecule has 0 atom stereocenters. The molecule has 3 N–H and O–H groups in total. The summed E-state index contributed by atoms with van der Waals surface area (Å²) in [6.45, 7) is 0.544. The summed E-state index contributed by atoms with van der Waals surface area (Å²) in [7, 11) is 1.52. The first-order valence-corrected chi connectivity index (χ1v) is 9.70. The second-order valence-electron chi connectivity index (χ2n) is 6.23. The summed E-state index contributed by atoms with van der Waals surface area (Å²) in [4.78, 5) is 35.1. The lowest BCUT2D eigenvalue weighted by Crippen LogP contribution is -2.31. The van der Waals surface area contributed by atoms with Gasteiger partial charge in [-0.05, 0) is 48.0 Å². The first kappa shape index (κ1) is 23.8. The van der Waals surface area contributed by atoms with Crippen molar-refractivity contribution in [2.24, 2.45) is 5.10 Å². The standard InChI is InChI=1S/C21H23ClN4O5/c1-30-10-9-23-19(27)12-20(28)26-24-13-15-5-7-18(8-6-15)31-14-21(29)25-17-4-2-3-16(22)11-17/h2-8,11,13H,9-10,12,14H2,1H3,(H,23,27)(H,25,29)(H,26,28)/b24-13+. The van der Waals surface area contributed by atoms with Crippen LogP contribution >= 0.6 is 11.6 Å². The van der Waals surface area contributed by atoms with Crippen molar-refractivity contribution in [3.05, 3.63) is 59.1 Å². The van der Waals surface area contributed by atoms with Crippen LogP contribution in [0.1, 0.15) is 12.0 Å². The largest absolute Gasteiger partial charge is 0.484 e. The Balaban J connectivity index is 1.71. The molecule has 10 heteroatoms. The minimum Gasteiger partial charge on any atom is -0.484 e. The van der Waals surface area contributed by atoms with Gasteiger partial charge in [0.25, 0.3) is 5.91 Å². The molecule has 0 spiro atoms. The zero-order valence-corrected chi connectivity index (χ0v) is 17.6. The summed E-state index contributed by atoms with van der Waals surface area (Å²) < 4.78 is 10.2. The summed E-state index contributed by atoms with van der Waals surface area (Å²) in [6, 6.07) is 13.6. The Morgan fingerprint density at radius 2 is 1.84 bits per heavy atom. The van der Waals surface area contributed by atoms with Crippen LogP contribution < -0.4 is 20.8 Å². The number of carbonyl (C=O) groups is 3. The molecule has 0 aliphatic rings. The van der Waals surface area contributed by atoms with Gasteiger partial charge in [-0.25, -0.2) is 5.43 Å². The molecule has 0 saturated heterocycles. The molecule has 0 radical (unpaired) electrons. The number of carbonyl (C=O) groups excluding carboxylic acids is 3. The van der Waals surface area contributed by atoms with Crippen LogP contribution in [-0.4, -0.2) is 50.8 Å². The van der Waals surface area contributed by atoms with Gasteiger partial charge in [-0.15, -0.1) is 0 Å². The highest BCUT2D eigenvalue weighted by Crippen LogP contribution is 2.15. The molecule has 0 aromatic heterocycles. The monoisotopic (exact) mass is 446 g/mol. The van der Waals surface area contributed by atoms with Gasteiger partial charge in [-0.2, -0.15) is 5.10 Å². The third kappa shape index (κ3) is 9.75. The summed E-state index contributed by atoms with van der Waals surface area (Å²) in [5.41, 5.74) is 3.56. The first-order valence-electron chi connectivity index (χ1n) is 9.32. The van der Waals surface area contributed by atoms with Crippen LogP contribution in [-0.2, 0) is 19.1 Å². The van der Waals surface area contributed by atoms with Gasteiger partial charge in [-0.1, -0.05) is 17.7 Å². The maximum absolute atomic E-state index is 11.9. The quantitative estimate of drug-likeness (QED) is 0.211. The van der Waals surface area contributed by atoms with Crippen LogP contribution in [0.15, 0.2) is 53.6 Å². The minimum atomic E-state index is -0.531. The molecule has 164 valence electrons. The second-order valence-corrected chi connectivity index (χ2v) is 6.67. The van der Waals surface area contributed by atoms with Gasteiger partial charge in [0.15, 0.2) is 6.61 Å². The predicted octanol–water partition coefficient (Wildman–Crippen LogP) is 1.96. The summed E-state index contributed by atoms with van der Waals surface area (Å²) in [6.07, 6.45) is 1.10. The summed E-state index contributed by atoms with van der Waals surface area (Å²) in [5.74, 6) is -0.764. The highest BCUT2D eigenvalue weighted by atomic mass is 35.5. The average molecular weight is 447 g/mol. The molecule has 0 aliphatic carbocycles. The molecule has 0 bridgehead atoms. The molecule has 0 saturated carbocycles. The lowest BCUT2D eigenvalue weighted by atomic mass is 10.2. The van der Waals surface area contributed by atoms with E-state index in [1.54, 1.807) is 48.5 Å². The molecule has 0 heterocycles. The number of hydrogen-bond acceptors (Lipinski definition) is 6. The second kappa shape index (κ2) is 13.0. The fraction of sp³-hybridized carbons (Fsp3) is 0.238. The molecule has 9 nitrogen and oxygen atoms in total. The highest BCUT2D eigenvalue weighted by Gasteiger charge is 2.07. The van der Waals surface area contributed by atoms with Crippen LogP contribution in [0.5, 0.6) is 5.75 Å². The highest BCUT2D eigenvalue weighted by molar-refractivity contribution is 6.30. The van der Waals surface area contributed by atoms with Crippen molar-refractivity contribution in [3.63, 3.8) is 0 Å². The Bertz CT molecular complexity index is 918. The predicted molar refractivity (Wildman–Crippen MR) is 117 cm³/mol. The number of methoxy groups -OCH3 is 1. The van der Waals surface area contributed by atoms with Gasteiger partial charge in [0.05, 0.1) is 12.8 Å². The lowest BCUT2D eigenvalue weighted by molar-refractivity contribution is -0.129. The van der Waals surface area contributed by atoms with Crippen LogP contribution in [0, 0.1) is 0 Å². The number of hydrogen-bond donors (Lipinski definition) is 3. The van der Waals surface area contributed by atoms with Gasteiger partial charge >= 0.3 is 0 Å². The van der Waals surface area contributed by atoms with Gasteiger partial charge in [0, 0.05) is 24.4 Å². The first-order chi connectivity index (χ1) is 15.0. The fourth-order valence-corrected chi connectivity index (χ4v) is 2.47. The number of hydrazone groups is 1. The molecule has 0 fully saturated rings. The van der Waals surface area contributed by atoms with Crippen LogP contribution in [0.4, 0.5) is 5.69 Å². The maximum Gasteiger partial charge on any atom is 0.262 e. The van der Waals surface area contributed by atoms with Gasteiger partial charge in [0.2, 0.25) is 11.8 Å². The van der Waals surface area contributed by atoms with E-state index in [1.807, 2.05) is 0 Å². The summed E-state index contributed by atoms with van der Waals surface area (Å²) in [5, 5.41) is 9.56. The topological polar surface area (TPSA) is 118 Å². The van der Waals surface area contributed by atoms with E-state index in [4.69, 9.17) is 21.1 Å². The van der Waals surface area contributed by atoms with Crippen LogP contribution in [0.3, 0.4) is 0 Å². The maximum atomic E-state index is 11.9. The number of benzene rings is 2. The third-order valence-corrected chi connectivity index (χ3v) is 3.95. The van der Waals surface area contributed by atoms with Crippen molar-refractivity contribution in [2.75, 3.05) is 32.2 Å². The Labute approximate surface area is 184 Å². The Hall–Kier alpha value is -3.43. The van der Waals surface area contributed by atoms with E-state index in [-0.39, 0.29) is 18.9 Å². The number of nitrogens with one attached hydrogen (secondary N) is 3. The minimum absolute atomic E-state index is 0.164. The number of rotatable bonds is 11. The van der Waals surface area contributed by atoms with E-state index in [0.717, 1.165) is 0 Å². The van der Waals surface area contributed by atoms with Crippen molar-refractivity contribution in [1.82, 2.24) is 10.7 Å². The van der Waals surface area contributed by atoms with Gasteiger partial charge in [0.1, 0.15) is 12.2 Å². The fourth-order valence-electron chi connectivity index (χ4n) is 2.28. The SMILES string of the molecule is COCCNC(=O)CC(=O)N/N=C/c1ccc(OCC(=O)Nc2cccc(Cl)c2)cc1. The van der Waals surface area contributed by atoms with E-state index in [0.29, 0.717) is 35.2 Å². The van der Waals surface area contributed by atoms with E-state index >= 15 is 0 Å². The van der Waals surface area contributed by atoms with Crippen LogP contribution in [0.2, 0.25) is 5.02 Å². The van der Waals surface area contributed by atoms with E-state index in [1.165, 1.54) is 13.3 Å². The third-order valence-electron chi connectivity index (χ3n) is 3.71. The molecular formula is C21H23ClN4O5. The molecule has 31 heavy (non-hydrogen) atoms. The van der Waals surface area contributed by atoms with Crippen molar-refractivity contribution < 1.29 is 23.9 Å². The van der Waals surface area contributed by atoms with Gasteiger partial charge in [-0.3, -0.25) is 14.4 Å². The average Bonchev–Trinajstić information content (AvgIpc) is 2.73. The number of amides is 3. The number of anilines is 1. The molecule has 0 aliphatic heterocycles. The lowest BCUT2D eigenvalue weighted by Gasteiger charge is -2.08. The zero-order valence-electron chi connectivity index (χ0n) is 16.9. The number of ether oxygens (including phenoxy) is 2. The van der Waals surface area contributed by atoms with E-state index < -0.39 is 11.8 Å². The van der Waals surface area contributed by atoms with Crippen molar-refractivity contribution >= 4 is 41.2 Å². The van der Waals surface area contributed by atoms with Gasteiger partial charge < -0.3 is 20.1 Å². The molecule has 2 rings (SSSR count). The summed E-state index contributed by atoms with van der Waals surface area (Å²) >= 11 is 5.88. The van der Waals surface area contributed by atoms with E-state index in [2.05, 4.69) is 21.2 Å². The van der Waals surface area contributed by atoms with Crippen molar-refractivity contribution in [1.29, 1.82) is 0 Å². The Morgan fingerprint density at radius 3 is 2.55 bits per heavy atom. The Kier molecular flexibility index (Phi) is 9.99. The number of nitrogens with zero attached hydrogens (tertiary/aromatic N) is 1. The molecule has 2 aromatic rings. The van der Waals surface area contributed by atoms with Crippen molar-refractivity contribution in [3.8, 4) is 5.75 Å². The van der Waals surface area contributed by atoms with Crippen LogP contribution in [0.25, 0.3) is 0 Å². The smallest absolute Gasteiger partial charge is 0.262 e. The van der Waals surface area contributed by atoms with Crippen molar-refractivity contribution in [2.45, 2.75) is 6.42 Å². The number of halogens is 1. The molecule has 0 unspecified atom stereocenters. The Morgan fingerprint density at radius 1 is 1.06 bits per heavy atom. The normalized spacial score (nSPS) is 10.5. The van der Waals surface area contributed by atoms with E-state index in [9.17, 15) is 14.4 Å². The molecule has 2 aromatic carbocycles. The molecule has 3 amide bonds.